The zero-order valence-corrected chi connectivity index (χ0v) is 18.7. The van der Waals surface area contributed by atoms with Gasteiger partial charge in [-0.25, -0.2) is 0 Å². The molecule has 0 bridgehead atoms. The Labute approximate surface area is 178 Å². The quantitative estimate of drug-likeness (QED) is 0.486. The van der Waals surface area contributed by atoms with Crippen molar-refractivity contribution in [2.75, 3.05) is 21.3 Å². The molecule has 0 saturated carbocycles. The summed E-state index contributed by atoms with van der Waals surface area (Å²) in [6.45, 7) is 6.42. The Hall–Kier alpha value is -3.13. The molecule has 0 amide bonds. The first-order chi connectivity index (χ1) is 14.4. The van der Waals surface area contributed by atoms with E-state index in [-0.39, 0.29) is 5.41 Å². The molecule has 0 N–H and O–H groups in total. The highest BCUT2D eigenvalue weighted by atomic mass is 32.1. The number of nitrogens with zero attached hydrogens (tertiary/aromatic N) is 4. The van der Waals surface area contributed by atoms with E-state index in [1.807, 2.05) is 30.3 Å². The van der Waals surface area contributed by atoms with Gasteiger partial charge >= 0.3 is 0 Å². The van der Waals surface area contributed by atoms with Crippen molar-refractivity contribution in [3.8, 4) is 28.0 Å². The molecule has 0 fully saturated rings. The monoisotopic (exact) mass is 424 g/mol. The summed E-state index contributed by atoms with van der Waals surface area (Å²) in [4.78, 5) is 1.07. The third kappa shape index (κ3) is 3.47. The summed E-state index contributed by atoms with van der Waals surface area (Å²) in [6.07, 6.45) is 2.09. The summed E-state index contributed by atoms with van der Waals surface area (Å²) in [5, 5.41) is 15.6. The molecule has 0 spiro atoms. The molecule has 0 unspecified atom stereocenters. The molecule has 0 aliphatic rings. The Bertz CT molecular complexity index is 1250. The average molecular weight is 425 g/mol. The molecule has 3 aromatic heterocycles. The Morgan fingerprint density at radius 2 is 1.77 bits per heavy atom. The van der Waals surface area contributed by atoms with E-state index < -0.39 is 0 Å². The van der Waals surface area contributed by atoms with E-state index in [1.165, 1.54) is 0 Å². The molecular formula is C22H24N4O3S. The Balaban J connectivity index is 1.98. The van der Waals surface area contributed by atoms with Crippen molar-refractivity contribution in [3.05, 3.63) is 46.1 Å². The SMILES string of the molecule is COc1ccc(OC)c(-c2nnc3/c(=C\c4ccc(OC)s4)c(C(C)(C)C)nn23)c1. The Kier molecular flexibility index (Phi) is 5.11. The van der Waals surface area contributed by atoms with Gasteiger partial charge in [-0.2, -0.15) is 9.61 Å². The summed E-state index contributed by atoms with van der Waals surface area (Å²) in [7, 11) is 4.93. The zero-order chi connectivity index (χ0) is 21.5. The summed E-state index contributed by atoms with van der Waals surface area (Å²) in [5.74, 6) is 2.00. The van der Waals surface area contributed by atoms with Crippen LogP contribution in [0.3, 0.4) is 0 Å². The maximum Gasteiger partial charge on any atom is 0.189 e. The van der Waals surface area contributed by atoms with Gasteiger partial charge in [0.25, 0.3) is 0 Å². The summed E-state index contributed by atoms with van der Waals surface area (Å²) >= 11 is 1.57. The molecule has 156 valence electrons. The van der Waals surface area contributed by atoms with Gasteiger partial charge < -0.3 is 14.2 Å². The number of ether oxygens (including phenoxy) is 3. The van der Waals surface area contributed by atoms with Crippen LogP contribution >= 0.6 is 11.3 Å². The van der Waals surface area contributed by atoms with Crippen LogP contribution in [0, 0.1) is 0 Å². The molecule has 4 aromatic rings. The van der Waals surface area contributed by atoms with Crippen LogP contribution in [0.2, 0.25) is 0 Å². The van der Waals surface area contributed by atoms with Gasteiger partial charge in [0.05, 0.1) is 32.6 Å². The fourth-order valence-corrected chi connectivity index (χ4v) is 4.07. The van der Waals surface area contributed by atoms with Gasteiger partial charge in [-0.1, -0.05) is 32.1 Å². The van der Waals surface area contributed by atoms with Crippen LogP contribution in [0.25, 0.3) is 23.1 Å². The van der Waals surface area contributed by atoms with Crippen molar-refractivity contribution in [1.82, 2.24) is 19.8 Å². The molecule has 8 heteroatoms. The number of benzene rings is 1. The molecule has 30 heavy (non-hydrogen) atoms. The second-order valence-corrected chi connectivity index (χ2v) is 8.92. The minimum atomic E-state index is -0.177. The summed E-state index contributed by atoms with van der Waals surface area (Å²) in [5.41, 5.74) is 2.24. The minimum absolute atomic E-state index is 0.177. The number of rotatable bonds is 5. The van der Waals surface area contributed by atoms with Gasteiger partial charge in [0.2, 0.25) is 0 Å². The summed E-state index contributed by atoms with van der Waals surface area (Å²) in [6, 6.07) is 9.57. The van der Waals surface area contributed by atoms with E-state index >= 15 is 0 Å². The highest BCUT2D eigenvalue weighted by molar-refractivity contribution is 7.14. The van der Waals surface area contributed by atoms with Gasteiger partial charge in [0.1, 0.15) is 11.5 Å². The molecule has 7 nitrogen and oxygen atoms in total. The van der Waals surface area contributed by atoms with Crippen molar-refractivity contribution in [3.63, 3.8) is 0 Å². The van der Waals surface area contributed by atoms with E-state index in [0.29, 0.717) is 23.0 Å². The first-order valence-corrected chi connectivity index (χ1v) is 10.3. The predicted molar refractivity (Wildman–Crippen MR) is 118 cm³/mol. The first-order valence-electron chi connectivity index (χ1n) is 9.49. The number of thiophene rings is 1. The predicted octanol–water partition coefficient (Wildman–Crippen LogP) is 3.72. The fourth-order valence-electron chi connectivity index (χ4n) is 3.31. The highest BCUT2D eigenvalue weighted by Crippen LogP contribution is 2.33. The summed E-state index contributed by atoms with van der Waals surface area (Å²) < 4.78 is 18.1. The van der Waals surface area contributed by atoms with Crippen molar-refractivity contribution in [2.45, 2.75) is 26.2 Å². The van der Waals surface area contributed by atoms with E-state index in [4.69, 9.17) is 19.3 Å². The zero-order valence-electron chi connectivity index (χ0n) is 17.9. The molecule has 0 radical (unpaired) electrons. The van der Waals surface area contributed by atoms with Crippen LogP contribution < -0.4 is 19.4 Å². The Morgan fingerprint density at radius 3 is 2.40 bits per heavy atom. The van der Waals surface area contributed by atoms with Crippen molar-refractivity contribution in [1.29, 1.82) is 0 Å². The van der Waals surface area contributed by atoms with Crippen LogP contribution in [0.1, 0.15) is 31.3 Å². The molecule has 4 rings (SSSR count). The van der Waals surface area contributed by atoms with Gasteiger partial charge in [-0.05, 0) is 36.4 Å². The molecule has 0 aliphatic heterocycles. The van der Waals surface area contributed by atoms with Gasteiger partial charge in [-0.3, -0.25) is 0 Å². The topological polar surface area (TPSA) is 70.8 Å². The average Bonchev–Trinajstić information content (AvgIpc) is 3.43. The van der Waals surface area contributed by atoms with Crippen molar-refractivity contribution >= 4 is 23.1 Å². The lowest BCUT2D eigenvalue weighted by Gasteiger charge is -2.14. The molecule has 0 saturated heterocycles. The molecular weight excluding hydrogens is 400 g/mol. The number of methoxy groups -OCH3 is 3. The Morgan fingerprint density at radius 1 is 0.967 bits per heavy atom. The van der Waals surface area contributed by atoms with Crippen LogP contribution in [-0.2, 0) is 5.41 Å². The lowest BCUT2D eigenvalue weighted by atomic mass is 9.91. The van der Waals surface area contributed by atoms with Crippen LogP contribution in [0.5, 0.6) is 16.6 Å². The fraction of sp³-hybridized carbons (Fsp3) is 0.318. The van der Waals surface area contributed by atoms with Gasteiger partial charge in [-0.15, -0.1) is 10.2 Å². The van der Waals surface area contributed by atoms with Crippen molar-refractivity contribution < 1.29 is 14.2 Å². The van der Waals surface area contributed by atoms with E-state index in [9.17, 15) is 0 Å². The van der Waals surface area contributed by atoms with Crippen molar-refractivity contribution in [2.24, 2.45) is 0 Å². The molecule has 3 heterocycles. The smallest absolute Gasteiger partial charge is 0.189 e. The van der Waals surface area contributed by atoms with E-state index in [2.05, 4.69) is 37.0 Å². The normalized spacial score (nSPS) is 12.5. The van der Waals surface area contributed by atoms with Crippen LogP contribution in [0.15, 0.2) is 30.3 Å². The third-order valence-corrected chi connectivity index (χ3v) is 5.78. The molecule has 1 aromatic carbocycles. The molecule has 0 aliphatic carbocycles. The molecule has 0 atom stereocenters. The van der Waals surface area contributed by atoms with Crippen LogP contribution in [-0.4, -0.2) is 41.1 Å². The maximum absolute atomic E-state index is 5.55. The minimum Gasteiger partial charge on any atom is -0.497 e. The second-order valence-electron chi connectivity index (χ2n) is 7.84. The van der Waals surface area contributed by atoms with Gasteiger partial charge in [0.15, 0.2) is 16.5 Å². The maximum atomic E-state index is 5.55. The number of fused-ring (bicyclic) bond motifs is 1. The van der Waals surface area contributed by atoms with E-state index in [1.54, 1.807) is 37.2 Å². The lowest BCUT2D eigenvalue weighted by molar-refractivity contribution is 0.404. The largest absolute Gasteiger partial charge is 0.497 e. The third-order valence-electron chi connectivity index (χ3n) is 4.78. The first kappa shape index (κ1) is 20.2. The second kappa shape index (κ2) is 7.60. The standard InChI is InChI=1S/C22H24N4O3S/c1-22(2,3)19-16(12-14-8-10-18(29-6)30-14)21-24-23-20(26(21)25-19)15-11-13(27-4)7-9-17(15)28-5/h7-12H,1-6H3/b16-12-. The van der Waals surface area contributed by atoms with Gasteiger partial charge in [0, 0.05) is 15.5 Å². The lowest BCUT2D eigenvalue weighted by Crippen LogP contribution is -2.22. The highest BCUT2D eigenvalue weighted by Gasteiger charge is 2.25. The number of hydrogen-bond donors (Lipinski definition) is 0. The van der Waals surface area contributed by atoms with Crippen LogP contribution in [0.4, 0.5) is 0 Å². The number of hydrogen-bond acceptors (Lipinski definition) is 7. The number of aromatic nitrogens is 4. The van der Waals surface area contributed by atoms with E-state index in [0.717, 1.165) is 26.4 Å².